The molecule has 1 aromatic heterocycles. The summed E-state index contributed by atoms with van der Waals surface area (Å²) in [6.07, 6.45) is 1.69. The second-order valence-electron chi connectivity index (χ2n) is 6.91. The van der Waals surface area contributed by atoms with Crippen molar-refractivity contribution >= 4 is 29.4 Å². The number of esters is 1. The molecule has 0 N–H and O–H groups in total. The van der Waals surface area contributed by atoms with Crippen molar-refractivity contribution in [1.29, 1.82) is 0 Å². The lowest BCUT2D eigenvalue weighted by Crippen LogP contribution is -2.23. The van der Waals surface area contributed by atoms with Gasteiger partial charge in [0.2, 0.25) is 5.78 Å². The van der Waals surface area contributed by atoms with E-state index < -0.39 is 12.1 Å². The first-order chi connectivity index (χ1) is 15.3. The van der Waals surface area contributed by atoms with Crippen LogP contribution in [0.4, 0.5) is 4.39 Å². The molecule has 0 spiro atoms. The fourth-order valence-electron chi connectivity index (χ4n) is 2.99. The maximum atomic E-state index is 13.2. The van der Waals surface area contributed by atoms with Gasteiger partial charge in [0.15, 0.2) is 6.10 Å². The van der Waals surface area contributed by atoms with E-state index in [-0.39, 0.29) is 16.8 Å². The predicted octanol–water partition coefficient (Wildman–Crippen LogP) is 5.20. The van der Waals surface area contributed by atoms with Crippen molar-refractivity contribution in [2.75, 3.05) is 6.61 Å². The zero-order chi connectivity index (χ0) is 23.3. The Balaban J connectivity index is 1.67. The van der Waals surface area contributed by atoms with Crippen molar-refractivity contribution in [3.8, 4) is 11.4 Å². The van der Waals surface area contributed by atoms with Crippen LogP contribution in [0.15, 0.2) is 54.6 Å². The van der Waals surface area contributed by atoms with Crippen molar-refractivity contribution in [2.24, 2.45) is 0 Å². The summed E-state index contributed by atoms with van der Waals surface area (Å²) in [7, 11) is 0. The van der Waals surface area contributed by atoms with Gasteiger partial charge in [-0.15, -0.1) is 0 Å². The second-order valence-corrected chi connectivity index (χ2v) is 7.27. The summed E-state index contributed by atoms with van der Waals surface area (Å²) < 4.78 is 25.2. The SMILES string of the molecule is CCOc1ccc(C(=O)C(C)OC(=O)/C=C/c2c(C)nn(-c3ccc(F)cc3)c2Cl)cc1. The van der Waals surface area contributed by atoms with Crippen molar-refractivity contribution in [2.45, 2.75) is 26.9 Å². The molecule has 0 aliphatic carbocycles. The third-order valence-electron chi connectivity index (χ3n) is 4.62. The molecule has 1 atom stereocenters. The Morgan fingerprint density at radius 1 is 1.16 bits per heavy atom. The zero-order valence-corrected chi connectivity index (χ0v) is 18.6. The second kappa shape index (κ2) is 10.2. The number of hydrogen-bond acceptors (Lipinski definition) is 5. The van der Waals surface area contributed by atoms with Gasteiger partial charge < -0.3 is 9.47 Å². The Labute approximate surface area is 190 Å². The zero-order valence-electron chi connectivity index (χ0n) is 17.8. The Hall–Kier alpha value is -3.45. The third-order valence-corrected chi connectivity index (χ3v) is 4.98. The molecule has 1 heterocycles. The molecule has 0 aliphatic heterocycles. The summed E-state index contributed by atoms with van der Waals surface area (Å²) in [5, 5.41) is 4.59. The summed E-state index contributed by atoms with van der Waals surface area (Å²) in [4.78, 5) is 24.8. The molecule has 32 heavy (non-hydrogen) atoms. The first kappa shape index (κ1) is 23.2. The molecule has 8 heteroatoms. The van der Waals surface area contributed by atoms with E-state index >= 15 is 0 Å². The smallest absolute Gasteiger partial charge is 0.331 e. The Morgan fingerprint density at radius 3 is 2.44 bits per heavy atom. The minimum atomic E-state index is -0.969. The highest BCUT2D eigenvalue weighted by Crippen LogP contribution is 2.25. The van der Waals surface area contributed by atoms with Crippen molar-refractivity contribution in [1.82, 2.24) is 9.78 Å². The summed E-state index contributed by atoms with van der Waals surface area (Å²) in [5.74, 6) is -0.731. The monoisotopic (exact) mass is 456 g/mol. The average Bonchev–Trinajstić information content (AvgIpc) is 3.06. The predicted molar refractivity (Wildman–Crippen MR) is 120 cm³/mol. The number of nitrogens with zero attached hydrogens (tertiary/aromatic N) is 2. The summed E-state index contributed by atoms with van der Waals surface area (Å²) in [6, 6.07) is 12.3. The number of hydrogen-bond donors (Lipinski definition) is 0. The molecule has 166 valence electrons. The number of ether oxygens (including phenoxy) is 2. The van der Waals surface area contributed by atoms with Crippen molar-refractivity contribution in [3.05, 3.63) is 82.4 Å². The fourth-order valence-corrected chi connectivity index (χ4v) is 3.32. The molecule has 0 aliphatic rings. The van der Waals surface area contributed by atoms with E-state index in [2.05, 4.69) is 5.10 Å². The maximum Gasteiger partial charge on any atom is 0.331 e. The topological polar surface area (TPSA) is 70.4 Å². The lowest BCUT2D eigenvalue weighted by Gasteiger charge is -2.11. The number of rotatable bonds is 8. The van der Waals surface area contributed by atoms with E-state index in [9.17, 15) is 14.0 Å². The van der Waals surface area contributed by atoms with Crippen LogP contribution in [0, 0.1) is 12.7 Å². The molecular formula is C24H22ClFN2O4. The molecule has 1 unspecified atom stereocenters. The highest BCUT2D eigenvalue weighted by molar-refractivity contribution is 6.31. The largest absolute Gasteiger partial charge is 0.494 e. The van der Waals surface area contributed by atoms with Gasteiger partial charge in [-0.2, -0.15) is 5.10 Å². The Bertz CT molecular complexity index is 1140. The first-order valence-electron chi connectivity index (χ1n) is 9.97. The molecule has 0 bridgehead atoms. The van der Waals surface area contributed by atoms with Gasteiger partial charge in [-0.1, -0.05) is 11.6 Å². The van der Waals surface area contributed by atoms with Gasteiger partial charge in [-0.25, -0.2) is 13.9 Å². The first-order valence-corrected chi connectivity index (χ1v) is 10.3. The van der Waals surface area contributed by atoms with Crippen molar-refractivity contribution < 1.29 is 23.5 Å². The van der Waals surface area contributed by atoms with Gasteiger partial charge in [-0.05, 0) is 75.4 Å². The van der Waals surface area contributed by atoms with Crippen LogP contribution < -0.4 is 4.74 Å². The van der Waals surface area contributed by atoms with E-state index in [0.717, 1.165) is 0 Å². The van der Waals surface area contributed by atoms with Crippen LogP contribution >= 0.6 is 11.6 Å². The normalized spacial score (nSPS) is 12.0. The number of ketones is 1. The van der Waals surface area contributed by atoms with Crippen LogP contribution in [0.25, 0.3) is 11.8 Å². The van der Waals surface area contributed by atoms with Gasteiger partial charge in [0.1, 0.15) is 16.7 Å². The number of Topliss-reactive ketones (excluding diaryl/α,β-unsaturated/α-hetero) is 1. The molecule has 0 fully saturated rings. The van der Waals surface area contributed by atoms with Crippen LogP contribution in [0.1, 0.15) is 35.5 Å². The van der Waals surface area contributed by atoms with Crippen molar-refractivity contribution in [3.63, 3.8) is 0 Å². The fraction of sp³-hybridized carbons (Fsp3) is 0.208. The van der Waals surface area contributed by atoms with Crippen LogP contribution in [-0.2, 0) is 9.53 Å². The summed E-state index contributed by atoms with van der Waals surface area (Å²) in [6.45, 7) is 5.64. The molecule has 3 aromatic rings. The molecule has 0 amide bonds. The Kier molecular flexibility index (Phi) is 7.43. The minimum Gasteiger partial charge on any atom is -0.494 e. The van der Waals surface area contributed by atoms with E-state index in [1.807, 2.05) is 6.92 Å². The lowest BCUT2D eigenvalue weighted by molar-refractivity contribution is -0.140. The van der Waals surface area contributed by atoms with Gasteiger partial charge in [0.05, 0.1) is 18.0 Å². The molecule has 2 aromatic carbocycles. The quantitative estimate of drug-likeness (QED) is 0.265. The van der Waals surface area contributed by atoms with Crippen LogP contribution in [0.5, 0.6) is 5.75 Å². The molecule has 3 rings (SSSR count). The van der Waals surface area contributed by atoms with Gasteiger partial charge in [0.25, 0.3) is 0 Å². The average molecular weight is 457 g/mol. The summed E-state index contributed by atoms with van der Waals surface area (Å²) >= 11 is 6.40. The van der Waals surface area contributed by atoms with Crippen LogP contribution in [0.2, 0.25) is 5.15 Å². The highest BCUT2D eigenvalue weighted by atomic mass is 35.5. The molecule has 0 radical (unpaired) electrons. The van der Waals surface area contributed by atoms with E-state index in [1.165, 1.54) is 35.9 Å². The van der Waals surface area contributed by atoms with Gasteiger partial charge in [-0.3, -0.25) is 4.79 Å². The van der Waals surface area contributed by atoms with Crippen LogP contribution in [-0.4, -0.2) is 34.2 Å². The van der Waals surface area contributed by atoms with E-state index in [4.69, 9.17) is 21.1 Å². The number of benzene rings is 2. The lowest BCUT2D eigenvalue weighted by atomic mass is 10.1. The minimum absolute atomic E-state index is 0.261. The number of aryl methyl sites for hydroxylation is 1. The van der Waals surface area contributed by atoms with Crippen LogP contribution in [0.3, 0.4) is 0 Å². The van der Waals surface area contributed by atoms with Gasteiger partial charge in [0, 0.05) is 17.2 Å². The van der Waals surface area contributed by atoms with E-state index in [1.54, 1.807) is 43.3 Å². The summed E-state index contributed by atoms with van der Waals surface area (Å²) in [5.41, 5.74) is 2.08. The number of carbonyl (C=O) groups excluding carboxylic acids is 2. The maximum absolute atomic E-state index is 13.2. The standard InChI is InChI=1S/C24H22ClFN2O4/c1-4-31-20-11-5-17(6-12-20)23(30)16(3)32-22(29)14-13-21-15(2)27-28(24(21)25)19-9-7-18(26)8-10-19/h5-14,16H,4H2,1-3H3/b14-13+. The number of halogens is 2. The third kappa shape index (κ3) is 5.42. The van der Waals surface area contributed by atoms with Gasteiger partial charge >= 0.3 is 5.97 Å². The highest BCUT2D eigenvalue weighted by Gasteiger charge is 2.19. The number of carbonyl (C=O) groups is 2. The molecule has 6 nitrogen and oxygen atoms in total. The molecule has 0 saturated carbocycles. The number of aromatic nitrogens is 2. The molecule has 0 saturated heterocycles. The molecular weight excluding hydrogens is 435 g/mol. The Morgan fingerprint density at radius 2 is 1.81 bits per heavy atom. The van der Waals surface area contributed by atoms with E-state index in [0.29, 0.717) is 34.9 Å².